The second-order valence-electron chi connectivity index (χ2n) is 7.18. The van der Waals surface area contributed by atoms with Crippen LogP contribution in [0.4, 0.5) is 0 Å². The molecule has 4 atom stereocenters. The summed E-state index contributed by atoms with van der Waals surface area (Å²) in [5.41, 5.74) is -0.813. The number of phenolic OH excluding ortho intramolecular Hbond substituents is 3. The van der Waals surface area contributed by atoms with E-state index in [0.717, 1.165) is 12.1 Å². The molecule has 0 radical (unpaired) electrons. The van der Waals surface area contributed by atoms with Gasteiger partial charge in [0.05, 0.1) is 13.7 Å². The maximum atomic E-state index is 13.2. The Balaban J connectivity index is 1.92. The van der Waals surface area contributed by atoms with E-state index < -0.39 is 41.5 Å². The third-order valence-electron chi connectivity index (χ3n) is 5.05. The number of aliphatic hydroxyl groups excluding tert-OH is 3. The molecule has 0 unspecified atom stereocenters. The van der Waals surface area contributed by atoms with Crippen molar-refractivity contribution in [2.45, 2.75) is 24.6 Å². The molecule has 2 aromatic carbocycles. The molecule has 0 amide bonds. The highest BCUT2D eigenvalue weighted by Gasteiger charge is 2.40. The molecular weight excluding hydrogens is 428 g/mol. The molecule has 0 aliphatic carbocycles. The fraction of sp³-hybridized carbons (Fsp3) is 0.286. The molecule has 0 saturated carbocycles. The van der Waals surface area contributed by atoms with Gasteiger partial charge in [0.1, 0.15) is 40.8 Å². The van der Waals surface area contributed by atoms with Crippen LogP contribution in [-0.4, -0.2) is 69.0 Å². The molecule has 0 spiro atoms. The van der Waals surface area contributed by atoms with E-state index in [9.17, 15) is 35.4 Å². The van der Waals surface area contributed by atoms with E-state index in [4.69, 9.17) is 18.6 Å². The van der Waals surface area contributed by atoms with Gasteiger partial charge in [-0.2, -0.15) is 0 Å². The molecule has 32 heavy (non-hydrogen) atoms. The number of benzene rings is 2. The first kappa shape index (κ1) is 21.7. The summed E-state index contributed by atoms with van der Waals surface area (Å²) in [5.74, 6) is -1.73. The number of hydrogen-bond acceptors (Lipinski definition) is 11. The lowest BCUT2D eigenvalue weighted by Gasteiger charge is -2.34. The van der Waals surface area contributed by atoms with Gasteiger partial charge in [-0.1, -0.05) is 0 Å². The van der Waals surface area contributed by atoms with Gasteiger partial charge in [-0.15, -0.1) is 0 Å². The summed E-state index contributed by atoms with van der Waals surface area (Å²) in [6.45, 7) is -0.372. The van der Waals surface area contributed by atoms with Gasteiger partial charge in [-0.05, 0) is 18.2 Å². The molecule has 1 aliphatic rings. The molecule has 0 bridgehead atoms. The SMILES string of the molecule is COc1cc(-c2oc3cc(O)cc(O)c3c(=O)c2O[C@H]2OC[C@@H](O)[C@H](O)[C@H]2O)ccc1O. The molecule has 11 heteroatoms. The van der Waals surface area contributed by atoms with Gasteiger partial charge in [0.25, 0.3) is 0 Å². The smallest absolute Gasteiger partial charge is 0.239 e. The minimum absolute atomic E-state index is 0.0578. The van der Waals surface area contributed by atoms with E-state index in [1.165, 1.54) is 25.3 Å². The van der Waals surface area contributed by atoms with Crippen LogP contribution in [-0.2, 0) is 4.74 Å². The first-order valence-electron chi connectivity index (χ1n) is 9.44. The van der Waals surface area contributed by atoms with E-state index in [2.05, 4.69) is 0 Å². The lowest BCUT2D eigenvalue weighted by Crippen LogP contribution is -2.55. The number of phenols is 3. The highest BCUT2D eigenvalue weighted by Crippen LogP contribution is 2.39. The number of aromatic hydroxyl groups is 3. The Kier molecular flexibility index (Phi) is 5.57. The quantitative estimate of drug-likeness (QED) is 0.325. The highest BCUT2D eigenvalue weighted by molar-refractivity contribution is 5.88. The Labute approximate surface area is 179 Å². The Morgan fingerprint density at radius 3 is 2.47 bits per heavy atom. The molecular formula is C21H20O11. The van der Waals surface area contributed by atoms with E-state index in [1.807, 2.05) is 0 Å². The Morgan fingerprint density at radius 2 is 1.75 bits per heavy atom. The Hall–Kier alpha value is -3.51. The summed E-state index contributed by atoms with van der Waals surface area (Å²) in [4.78, 5) is 13.2. The predicted octanol–water partition coefficient (Wildman–Crippen LogP) is 0.403. The molecule has 1 aliphatic heterocycles. The molecule has 1 saturated heterocycles. The van der Waals surface area contributed by atoms with Gasteiger partial charge in [0.2, 0.25) is 17.5 Å². The van der Waals surface area contributed by atoms with Crippen molar-refractivity contribution in [3.63, 3.8) is 0 Å². The summed E-state index contributed by atoms with van der Waals surface area (Å²) in [7, 11) is 1.32. The molecule has 3 aromatic rings. The van der Waals surface area contributed by atoms with Crippen molar-refractivity contribution >= 4 is 11.0 Å². The van der Waals surface area contributed by atoms with Gasteiger partial charge in [-0.25, -0.2) is 0 Å². The topological polar surface area (TPSA) is 179 Å². The van der Waals surface area contributed by atoms with Crippen LogP contribution in [0.25, 0.3) is 22.3 Å². The summed E-state index contributed by atoms with van der Waals surface area (Å²) < 4.78 is 21.6. The van der Waals surface area contributed by atoms with E-state index in [1.54, 1.807) is 0 Å². The molecule has 1 aromatic heterocycles. The monoisotopic (exact) mass is 448 g/mol. The standard InChI is InChI=1S/C21H20O11/c1-29-13-4-8(2-3-10(13)23)19-20(32-21-18(28)16(26)12(25)7-30-21)17(27)15-11(24)5-9(22)6-14(15)31-19/h2-6,12,16,18,21-26,28H,7H2,1H3/t12-,16+,18-,21-/m1/s1. The number of methoxy groups -OCH3 is 1. The summed E-state index contributed by atoms with van der Waals surface area (Å²) in [6, 6.07) is 6.10. The minimum atomic E-state index is -1.70. The van der Waals surface area contributed by atoms with E-state index >= 15 is 0 Å². The fourth-order valence-electron chi connectivity index (χ4n) is 3.38. The van der Waals surface area contributed by atoms with Crippen LogP contribution >= 0.6 is 0 Å². The van der Waals surface area contributed by atoms with Gasteiger partial charge in [0, 0.05) is 17.7 Å². The number of ether oxygens (including phenoxy) is 3. The second kappa shape index (κ2) is 8.20. The minimum Gasteiger partial charge on any atom is -0.508 e. The fourth-order valence-corrected chi connectivity index (χ4v) is 3.38. The van der Waals surface area contributed by atoms with Crippen molar-refractivity contribution in [1.82, 2.24) is 0 Å². The second-order valence-corrected chi connectivity index (χ2v) is 7.18. The zero-order valence-electron chi connectivity index (χ0n) is 16.6. The maximum absolute atomic E-state index is 13.2. The number of hydrogen-bond donors (Lipinski definition) is 6. The molecule has 6 N–H and O–H groups in total. The van der Waals surface area contributed by atoms with Crippen LogP contribution in [0.5, 0.6) is 28.7 Å². The van der Waals surface area contributed by atoms with Crippen molar-refractivity contribution in [3.05, 3.63) is 40.6 Å². The molecule has 11 nitrogen and oxygen atoms in total. The maximum Gasteiger partial charge on any atom is 0.239 e. The van der Waals surface area contributed by atoms with Crippen LogP contribution in [0, 0.1) is 0 Å². The third kappa shape index (κ3) is 3.67. The molecule has 1 fully saturated rings. The van der Waals surface area contributed by atoms with Gasteiger partial charge in [-0.3, -0.25) is 4.79 Å². The Morgan fingerprint density at radius 1 is 1.00 bits per heavy atom. The zero-order chi connectivity index (χ0) is 23.2. The summed E-state index contributed by atoms with van der Waals surface area (Å²) in [6.07, 6.45) is -6.20. The average molecular weight is 448 g/mol. The predicted molar refractivity (Wildman–Crippen MR) is 108 cm³/mol. The summed E-state index contributed by atoms with van der Waals surface area (Å²) >= 11 is 0. The number of aliphatic hydroxyl groups is 3. The lowest BCUT2D eigenvalue weighted by atomic mass is 10.1. The van der Waals surface area contributed by atoms with Crippen molar-refractivity contribution in [2.24, 2.45) is 0 Å². The Bertz CT molecular complexity index is 1220. The van der Waals surface area contributed by atoms with Crippen LogP contribution in [0.15, 0.2) is 39.5 Å². The zero-order valence-corrected chi connectivity index (χ0v) is 16.6. The first-order valence-corrected chi connectivity index (χ1v) is 9.44. The van der Waals surface area contributed by atoms with Crippen molar-refractivity contribution < 1.29 is 49.3 Å². The van der Waals surface area contributed by atoms with Gasteiger partial charge in [0.15, 0.2) is 17.3 Å². The normalized spacial score (nSPS) is 23.2. The highest BCUT2D eigenvalue weighted by atomic mass is 16.7. The van der Waals surface area contributed by atoms with Crippen LogP contribution in [0.1, 0.15) is 0 Å². The van der Waals surface area contributed by atoms with Crippen LogP contribution in [0.2, 0.25) is 0 Å². The molecule has 170 valence electrons. The first-order chi connectivity index (χ1) is 15.2. The van der Waals surface area contributed by atoms with E-state index in [-0.39, 0.29) is 46.1 Å². The molecule has 2 heterocycles. The largest absolute Gasteiger partial charge is 0.508 e. The van der Waals surface area contributed by atoms with E-state index in [0.29, 0.717) is 0 Å². The molecule has 4 rings (SSSR count). The van der Waals surface area contributed by atoms with Gasteiger partial charge < -0.3 is 49.3 Å². The van der Waals surface area contributed by atoms with Crippen LogP contribution < -0.4 is 14.9 Å². The number of rotatable bonds is 4. The number of fused-ring (bicyclic) bond motifs is 1. The van der Waals surface area contributed by atoms with Crippen molar-refractivity contribution in [1.29, 1.82) is 0 Å². The summed E-state index contributed by atoms with van der Waals surface area (Å²) in [5, 5.41) is 59.3. The van der Waals surface area contributed by atoms with Crippen LogP contribution in [0.3, 0.4) is 0 Å². The lowest BCUT2D eigenvalue weighted by molar-refractivity contribution is -0.242. The van der Waals surface area contributed by atoms with Gasteiger partial charge >= 0.3 is 0 Å². The third-order valence-corrected chi connectivity index (χ3v) is 5.05. The average Bonchev–Trinajstić information content (AvgIpc) is 2.75. The van der Waals surface area contributed by atoms with Crippen molar-refractivity contribution in [3.8, 4) is 40.1 Å². The van der Waals surface area contributed by atoms with Crippen molar-refractivity contribution in [2.75, 3.05) is 13.7 Å².